The molecule has 1 aliphatic rings. The van der Waals surface area contributed by atoms with Gasteiger partial charge in [-0.15, -0.1) is 0 Å². The number of piperidine rings is 1. The maximum Gasteiger partial charge on any atom is 0.243 e. The third-order valence-corrected chi connectivity index (χ3v) is 5.80. The third-order valence-electron chi connectivity index (χ3n) is 3.94. The molecule has 1 aromatic carbocycles. The van der Waals surface area contributed by atoms with Crippen LogP contribution in [0.2, 0.25) is 0 Å². The van der Waals surface area contributed by atoms with Gasteiger partial charge < -0.3 is 5.73 Å². The molecule has 0 aliphatic carbocycles. The van der Waals surface area contributed by atoms with Gasteiger partial charge in [-0.1, -0.05) is 6.07 Å². The Balaban J connectivity index is 2.29. The van der Waals surface area contributed by atoms with Crippen molar-refractivity contribution in [2.45, 2.75) is 31.6 Å². The molecule has 0 aromatic heterocycles. The molecule has 1 unspecified atom stereocenters. The summed E-state index contributed by atoms with van der Waals surface area (Å²) in [5, 5.41) is 7.51. The average Bonchev–Trinajstić information content (AvgIpc) is 2.42. The molecule has 5 nitrogen and oxygen atoms in total. The molecule has 110 valence electrons. The van der Waals surface area contributed by atoms with E-state index in [1.54, 1.807) is 12.1 Å². The van der Waals surface area contributed by atoms with Crippen LogP contribution in [0.4, 0.5) is 0 Å². The minimum Gasteiger partial charge on any atom is -0.387 e. The first-order valence-corrected chi connectivity index (χ1v) is 8.17. The third kappa shape index (κ3) is 2.86. The van der Waals surface area contributed by atoms with Crippen molar-refractivity contribution in [1.29, 1.82) is 5.41 Å². The highest BCUT2D eigenvalue weighted by Crippen LogP contribution is 2.24. The van der Waals surface area contributed by atoms with Crippen LogP contribution in [0.5, 0.6) is 0 Å². The highest BCUT2D eigenvalue weighted by molar-refractivity contribution is 7.89. The van der Waals surface area contributed by atoms with Crippen molar-refractivity contribution >= 4 is 15.9 Å². The van der Waals surface area contributed by atoms with E-state index in [2.05, 4.69) is 0 Å². The number of nitrogens with one attached hydrogen (secondary N) is 1. The molecule has 0 amide bonds. The Bertz CT molecular complexity index is 625. The number of rotatable bonds is 3. The van der Waals surface area contributed by atoms with Gasteiger partial charge in [0.15, 0.2) is 0 Å². The summed E-state index contributed by atoms with van der Waals surface area (Å²) >= 11 is 0. The van der Waals surface area contributed by atoms with Gasteiger partial charge in [0.05, 0.1) is 10.7 Å². The molecule has 1 atom stereocenters. The molecule has 3 N–H and O–H groups in total. The maximum atomic E-state index is 12.6. The van der Waals surface area contributed by atoms with Gasteiger partial charge in [0.2, 0.25) is 10.0 Å². The van der Waals surface area contributed by atoms with E-state index in [9.17, 15) is 8.42 Å². The number of hydrogen-bond acceptors (Lipinski definition) is 3. The van der Waals surface area contributed by atoms with Gasteiger partial charge in [-0.3, -0.25) is 5.41 Å². The van der Waals surface area contributed by atoms with E-state index >= 15 is 0 Å². The van der Waals surface area contributed by atoms with E-state index in [1.807, 2.05) is 19.9 Å². The SMILES string of the molecule is Cc1ccc(S(=O)(=O)N2CCCC(C(=N)N)C2)cc1C. The molecule has 6 heteroatoms. The Morgan fingerprint density at radius 1 is 1.35 bits per heavy atom. The van der Waals surface area contributed by atoms with E-state index in [0.29, 0.717) is 18.0 Å². The van der Waals surface area contributed by atoms with Gasteiger partial charge in [0, 0.05) is 19.0 Å². The summed E-state index contributed by atoms with van der Waals surface area (Å²) in [6.07, 6.45) is 1.53. The van der Waals surface area contributed by atoms with Crippen molar-refractivity contribution in [1.82, 2.24) is 4.31 Å². The largest absolute Gasteiger partial charge is 0.387 e. The molecule has 0 radical (unpaired) electrons. The monoisotopic (exact) mass is 295 g/mol. The van der Waals surface area contributed by atoms with Crippen LogP contribution in [0.25, 0.3) is 0 Å². The first-order chi connectivity index (χ1) is 9.32. The molecular weight excluding hydrogens is 274 g/mol. The summed E-state index contributed by atoms with van der Waals surface area (Å²) < 4.78 is 26.7. The van der Waals surface area contributed by atoms with Crippen molar-refractivity contribution in [3.05, 3.63) is 29.3 Å². The molecule has 1 heterocycles. The van der Waals surface area contributed by atoms with E-state index in [4.69, 9.17) is 11.1 Å². The van der Waals surface area contributed by atoms with Crippen molar-refractivity contribution in [3.63, 3.8) is 0 Å². The number of benzene rings is 1. The second-order valence-electron chi connectivity index (χ2n) is 5.40. The first kappa shape index (κ1) is 15.0. The number of amidine groups is 1. The van der Waals surface area contributed by atoms with Crippen molar-refractivity contribution in [2.75, 3.05) is 13.1 Å². The van der Waals surface area contributed by atoms with E-state index < -0.39 is 10.0 Å². The zero-order valence-electron chi connectivity index (χ0n) is 11.9. The molecule has 0 bridgehead atoms. The summed E-state index contributed by atoms with van der Waals surface area (Å²) in [6.45, 7) is 4.67. The number of aryl methyl sites for hydroxylation is 2. The predicted molar refractivity (Wildman–Crippen MR) is 79.3 cm³/mol. The van der Waals surface area contributed by atoms with Crippen LogP contribution in [0.1, 0.15) is 24.0 Å². The van der Waals surface area contributed by atoms with E-state index in [0.717, 1.165) is 24.0 Å². The number of nitrogens with zero attached hydrogens (tertiary/aromatic N) is 1. The fourth-order valence-corrected chi connectivity index (χ4v) is 4.05. The summed E-state index contributed by atoms with van der Waals surface area (Å²) in [7, 11) is -3.49. The Hall–Kier alpha value is -1.40. The fourth-order valence-electron chi connectivity index (χ4n) is 2.44. The topological polar surface area (TPSA) is 87.2 Å². The van der Waals surface area contributed by atoms with Gasteiger partial charge in [-0.05, 0) is 49.9 Å². The molecule has 0 spiro atoms. The molecule has 1 aliphatic heterocycles. The van der Waals surface area contributed by atoms with Crippen LogP contribution in [-0.4, -0.2) is 31.6 Å². The zero-order chi connectivity index (χ0) is 14.9. The van der Waals surface area contributed by atoms with Crippen LogP contribution in [-0.2, 0) is 10.0 Å². The molecule has 1 fully saturated rings. The number of hydrogen-bond donors (Lipinski definition) is 2. The second-order valence-corrected chi connectivity index (χ2v) is 7.34. The highest BCUT2D eigenvalue weighted by atomic mass is 32.2. The van der Waals surface area contributed by atoms with Gasteiger partial charge in [-0.25, -0.2) is 8.42 Å². The lowest BCUT2D eigenvalue weighted by atomic mass is 9.99. The number of nitrogens with two attached hydrogens (primary N) is 1. The number of sulfonamides is 1. The van der Waals surface area contributed by atoms with Crippen LogP contribution >= 0.6 is 0 Å². The quantitative estimate of drug-likeness (QED) is 0.656. The van der Waals surface area contributed by atoms with Gasteiger partial charge in [0.1, 0.15) is 0 Å². The molecule has 0 saturated carbocycles. The molecule has 1 aromatic rings. The lowest BCUT2D eigenvalue weighted by Crippen LogP contribution is -2.43. The Morgan fingerprint density at radius 3 is 2.65 bits per heavy atom. The predicted octanol–water partition coefficient (Wildman–Crippen LogP) is 1.64. The molecule has 20 heavy (non-hydrogen) atoms. The summed E-state index contributed by atoms with van der Waals surface area (Å²) in [4.78, 5) is 0.324. The minimum absolute atomic E-state index is 0.0741. The maximum absolute atomic E-state index is 12.6. The Kier molecular flexibility index (Phi) is 4.15. The lowest BCUT2D eigenvalue weighted by Gasteiger charge is -2.31. The summed E-state index contributed by atoms with van der Waals surface area (Å²) in [5.41, 5.74) is 7.55. The summed E-state index contributed by atoms with van der Waals surface area (Å²) in [6, 6.07) is 5.19. The van der Waals surface area contributed by atoms with Gasteiger partial charge in [-0.2, -0.15) is 4.31 Å². The van der Waals surface area contributed by atoms with Crippen molar-refractivity contribution < 1.29 is 8.42 Å². The van der Waals surface area contributed by atoms with Crippen LogP contribution in [0.3, 0.4) is 0 Å². The van der Waals surface area contributed by atoms with Gasteiger partial charge >= 0.3 is 0 Å². The zero-order valence-corrected chi connectivity index (χ0v) is 12.7. The highest BCUT2D eigenvalue weighted by Gasteiger charge is 2.31. The van der Waals surface area contributed by atoms with Crippen LogP contribution in [0, 0.1) is 25.2 Å². The van der Waals surface area contributed by atoms with E-state index in [1.165, 1.54) is 4.31 Å². The fraction of sp³-hybridized carbons (Fsp3) is 0.500. The van der Waals surface area contributed by atoms with Crippen molar-refractivity contribution in [3.8, 4) is 0 Å². The Morgan fingerprint density at radius 2 is 2.05 bits per heavy atom. The minimum atomic E-state index is -3.49. The lowest BCUT2D eigenvalue weighted by molar-refractivity contribution is 0.310. The average molecular weight is 295 g/mol. The van der Waals surface area contributed by atoms with Gasteiger partial charge in [0.25, 0.3) is 0 Å². The second kappa shape index (κ2) is 5.54. The standard InChI is InChI=1S/C14H21N3O2S/c1-10-5-6-13(8-11(10)2)20(18,19)17-7-3-4-12(9-17)14(15)16/h5-6,8,12H,3-4,7,9H2,1-2H3,(H3,15,16). The Labute approximate surface area is 120 Å². The van der Waals surface area contributed by atoms with Crippen LogP contribution in [0.15, 0.2) is 23.1 Å². The molecule has 2 rings (SSSR count). The molecular formula is C14H21N3O2S. The smallest absolute Gasteiger partial charge is 0.243 e. The first-order valence-electron chi connectivity index (χ1n) is 6.73. The molecule has 1 saturated heterocycles. The van der Waals surface area contributed by atoms with E-state index in [-0.39, 0.29) is 11.8 Å². The van der Waals surface area contributed by atoms with Crippen LogP contribution < -0.4 is 5.73 Å². The summed E-state index contributed by atoms with van der Waals surface area (Å²) in [5.74, 6) is -0.0879. The normalized spacial score (nSPS) is 20.8. The van der Waals surface area contributed by atoms with Crippen molar-refractivity contribution in [2.24, 2.45) is 11.7 Å².